The number of carbonyl (C=O) groups is 1. The summed E-state index contributed by atoms with van der Waals surface area (Å²) in [5.74, 6) is 2.38. The molecule has 0 saturated carbocycles. The Morgan fingerprint density at radius 2 is 1.89 bits per heavy atom. The second kappa shape index (κ2) is 10.3. The monoisotopic (exact) mass is 402 g/mol. The van der Waals surface area contributed by atoms with Crippen LogP contribution in [0.4, 0.5) is 0 Å². The number of rotatable bonds is 5. The van der Waals surface area contributed by atoms with Gasteiger partial charge >= 0.3 is 5.97 Å². The van der Waals surface area contributed by atoms with Crippen LogP contribution >= 0.6 is 12.4 Å². The van der Waals surface area contributed by atoms with Gasteiger partial charge in [-0.2, -0.15) is 0 Å². The first kappa shape index (κ1) is 22.0. The molecule has 2 aliphatic rings. The molecule has 1 fully saturated rings. The summed E-state index contributed by atoms with van der Waals surface area (Å²) < 4.78 is 4.77. The van der Waals surface area contributed by atoms with Crippen molar-refractivity contribution in [2.45, 2.75) is 32.2 Å². The molecule has 0 bridgehead atoms. The molecule has 0 amide bonds. The van der Waals surface area contributed by atoms with Gasteiger partial charge in [0.15, 0.2) is 0 Å². The largest absolute Gasteiger partial charge is 0.469 e. The first-order chi connectivity index (χ1) is 13.1. The van der Waals surface area contributed by atoms with Crippen LogP contribution in [-0.4, -0.2) is 37.0 Å². The number of methoxy groups -OCH3 is 1. The minimum Gasteiger partial charge on any atom is -0.469 e. The first-order valence-electron chi connectivity index (χ1n) is 9.41. The number of likely N-dealkylation sites (tertiary alicyclic amines) is 1. The maximum atomic E-state index is 11.6. The number of benzene rings is 1. The SMILES string of the molecule is COC(=O)CC1CCN(C2=CC=C(c3ccc(CN)cc3)C(=C=O)C2)CC1.Cl. The lowest BCUT2D eigenvalue weighted by molar-refractivity contribution is -0.142. The molecular formula is C22H27ClN2O3. The van der Waals surface area contributed by atoms with E-state index in [9.17, 15) is 9.59 Å². The predicted molar refractivity (Wildman–Crippen MR) is 112 cm³/mol. The molecule has 150 valence electrons. The van der Waals surface area contributed by atoms with Gasteiger partial charge in [0.2, 0.25) is 0 Å². The van der Waals surface area contributed by atoms with Gasteiger partial charge in [-0.25, -0.2) is 4.79 Å². The van der Waals surface area contributed by atoms with Gasteiger partial charge in [-0.15, -0.1) is 12.4 Å². The second-order valence-corrected chi connectivity index (χ2v) is 7.11. The smallest absolute Gasteiger partial charge is 0.305 e. The highest BCUT2D eigenvalue weighted by atomic mass is 35.5. The minimum absolute atomic E-state index is 0. The molecule has 1 heterocycles. The number of allylic oxidation sites excluding steroid dienone is 4. The molecule has 3 rings (SSSR count). The zero-order valence-electron chi connectivity index (χ0n) is 16.1. The van der Waals surface area contributed by atoms with E-state index < -0.39 is 0 Å². The third-order valence-corrected chi connectivity index (χ3v) is 5.45. The van der Waals surface area contributed by atoms with Crippen molar-refractivity contribution in [3.05, 3.63) is 58.8 Å². The molecule has 28 heavy (non-hydrogen) atoms. The summed E-state index contributed by atoms with van der Waals surface area (Å²) in [5, 5.41) is 0. The van der Waals surface area contributed by atoms with Gasteiger partial charge in [0.1, 0.15) is 5.94 Å². The molecule has 1 aromatic carbocycles. The van der Waals surface area contributed by atoms with Gasteiger partial charge < -0.3 is 15.4 Å². The van der Waals surface area contributed by atoms with Crippen molar-refractivity contribution in [3.63, 3.8) is 0 Å². The number of carbonyl (C=O) groups excluding carboxylic acids is 2. The Morgan fingerprint density at radius 3 is 2.46 bits per heavy atom. The maximum Gasteiger partial charge on any atom is 0.305 e. The lowest BCUT2D eigenvalue weighted by Crippen LogP contribution is -2.34. The Bertz CT molecular complexity index is 800. The van der Waals surface area contributed by atoms with Crippen molar-refractivity contribution in [2.24, 2.45) is 11.7 Å². The van der Waals surface area contributed by atoms with Crippen LogP contribution in [0.25, 0.3) is 5.57 Å². The fourth-order valence-corrected chi connectivity index (χ4v) is 3.76. The fraction of sp³-hybridized carbons (Fsp3) is 0.409. The van der Waals surface area contributed by atoms with Crippen LogP contribution in [0.2, 0.25) is 0 Å². The maximum absolute atomic E-state index is 11.6. The number of nitrogens with zero attached hydrogens (tertiary/aromatic N) is 1. The third kappa shape index (κ3) is 5.14. The van der Waals surface area contributed by atoms with E-state index in [2.05, 4.69) is 16.9 Å². The zero-order valence-corrected chi connectivity index (χ0v) is 17.0. The van der Waals surface area contributed by atoms with Crippen molar-refractivity contribution in [2.75, 3.05) is 20.2 Å². The molecule has 0 aromatic heterocycles. The summed E-state index contributed by atoms with van der Waals surface area (Å²) in [5.41, 5.74) is 10.5. The van der Waals surface area contributed by atoms with Crippen LogP contribution in [-0.2, 0) is 20.9 Å². The van der Waals surface area contributed by atoms with Gasteiger partial charge in [0, 0.05) is 43.7 Å². The van der Waals surface area contributed by atoms with Crippen molar-refractivity contribution in [1.29, 1.82) is 0 Å². The van der Waals surface area contributed by atoms with E-state index in [1.54, 1.807) is 0 Å². The van der Waals surface area contributed by atoms with Crippen molar-refractivity contribution >= 4 is 29.9 Å². The predicted octanol–water partition coefficient (Wildman–Crippen LogP) is 3.27. The summed E-state index contributed by atoms with van der Waals surface area (Å²) in [4.78, 5) is 25.3. The van der Waals surface area contributed by atoms with E-state index in [-0.39, 0.29) is 18.4 Å². The van der Waals surface area contributed by atoms with Crippen LogP contribution < -0.4 is 5.73 Å². The first-order valence-corrected chi connectivity index (χ1v) is 9.41. The van der Waals surface area contributed by atoms with Crippen LogP contribution in [0.1, 0.15) is 36.8 Å². The highest BCUT2D eigenvalue weighted by molar-refractivity contribution is 5.89. The van der Waals surface area contributed by atoms with Crippen LogP contribution in [0.15, 0.2) is 47.7 Å². The van der Waals surface area contributed by atoms with E-state index in [1.807, 2.05) is 30.3 Å². The average molecular weight is 403 g/mol. The number of nitrogens with two attached hydrogens (primary N) is 1. The van der Waals surface area contributed by atoms with Crippen molar-refractivity contribution < 1.29 is 14.3 Å². The van der Waals surface area contributed by atoms with Gasteiger partial charge in [-0.3, -0.25) is 4.79 Å². The molecular weight excluding hydrogens is 376 g/mol. The minimum atomic E-state index is -0.135. The Hall–Kier alpha value is -2.33. The molecule has 1 saturated heterocycles. The molecule has 1 aromatic rings. The topological polar surface area (TPSA) is 72.6 Å². The number of halogens is 1. The molecule has 2 N–H and O–H groups in total. The Morgan fingerprint density at radius 1 is 1.21 bits per heavy atom. The second-order valence-electron chi connectivity index (χ2n) is 7.11. The summed E-state index contributed by atoms with van der Waals surface area (Å²) in [6, 6.07) is 7.98. The number of hydrogen-bond donors (Lipinski definition) is 1. The van der Waals surface area contributed by atoms with Crippen LogP contribution in [0.5, 0.6) is 0 Å². The molecule has 1 aliphatic carbocycles. The molecule has 0 radical (unpaired) electrons. The molecule has 0 spiro atoms. The highest BCUT2D eigenvalue weighted by Gasteiger charge is 2.25. The lowest BCUT2D eigenvalue weighted by atomic mass is 9.89. The van der Waals surface area contributed by atoms with Gasteiger partial charge in [-0.1, -0.05) is 30.3 Å². The zero-order chi connectivity index (χ0) is 19.2. The molecule has 0 atom stereocenters. The van der Waals surface area contributed by atoms with Gasteiger partial charge in [-0.05, 0) is 41.5 Å². The Labute approximate surface area is 172 Å². The van der Waals surface area contributed by atoms with E-state index in [4.69, 9.17) is 10.5 Å². The van der Waals surface area contributed by atoms with Gasteiger partial charge in [0.05, 0.1) is 7.11 Å². The molecule has 6 heteroatoms. The molecule has 0 unspecified atom stereocenters. The number of piperidine rings is 1. The fourth-order valence-electron chi connectivity index (χ4n) is 3.76. The summed E-state index contributed by atoms with van der Waals surface area (Å²) in [7, 11) is 1.44. The van der Waals surface area contributed by atoms with E-state index >= 15 is 0 Å². The van der Waals surface area contributed by atoms with Crippen molar-refractivity contribution in [1.82, 2.24) is 4.90 Å². The Kier molecular flexibility index (Phi) is 8.06. The quantitative estimate of drug-likeness (QED) is 0.604. The standard InChI is InChI=1S/C22H26N2O3.ClH/c1-27-22(26)12-16-8-10-24(11-9-16)20-6-7-21(19(13-20)15-25)18-4-2-17(14-23)3-5-18;/h2-7,16H,8-14,23H2,1H3;1H. The van der Waals surface area contributed by atoms with Crippen LogP contribution in [0.3, 0.4) is 0 Å². The Balaban J connectivity index is 0.00000280. The number of ether oxygens (including phenoxy) is 1. The third-order valence-electron chi connectivity index (χ3n) is 5.45. The molecule has 1 aliphatic heterocycles. The number of esters is 1. The highest BCUT2D eigenvalue weighted by Crippen LogP contribution is 2.34. The normalized spacial score (nSPS) is 17.2. The van der Waals surface area contributed by atoms with E-state index in [0.29, 0.717) is 30.9 Å². The van der Waals surface area contributed by atoms with Gasteiger partial charge in [0.25, 0.3) is 0 Å². The number of hydrogen-bond acceptors (Lipinski definition) is 5. The lowest BCUT2D eigenvalue weighted by Gasteiger charge is -2.36. The summed E-state index contributed by atoms with van der Waals surface area (Å²) in [6.07, 6.45) is 7.12. The molecule has 5 nitrogen and oxygen atoms in total. The summed E-state index contributed by atoms with van der Waals surface area (Å²) >= 11 is 0. The summed E-state index contributed by atoms with van der Waals surface area (Å²) in [6.45, 7) is 2.30. The van der Waals surface area contributed by atoms with E-state index in [1.165, 1.54) is 7.11 Å². The van der Waals surface area contributed by atoms with E-state index in [0.717, 1.165) is 48.3 Å². The van der Waals surface area contributed by atoms with Crippen molar-refractivity contribution in [3.8, 4) is 0 Å². The average Bonchev–Trinajstić information content (AvgIpc) is 2.73. The van der Waals surface area contributed by atoms with Crippen LogP contribution in [0, 0.1) is 5.92 Å².